The van der Waals surface area contributed by atoms with E-state index in [1.807, 2.05) is 48.5 Å². The zero-order valence-electron chi connectivity index (χ0n) is 18.0. The van der Waals surface area contributed by atoms with Gasteiger partial charge in [-0.25, -0.2) is 0 Å². The fraction of sp³-hybridized carbons (Fsp3) is 0.200. The van der Waals surface area contributed by atoms with E-state index in [0.29, 0.717) is 6.42 Å². The third-order valence-electron chi connectivity index (χ3n) is 5.24. The van der Waals surface area contributed by atoms with Crippen molar-refractivity contribution in [2.24, 2.45) is 0 Å². The van der Waals surface area contributed by atoms with Crippen LogP contribution >= 0.6 is 0 Å². The smallest absolute Gasteiger partial charge is 0.872 e. The van der Waals surface area contributed by atoms with Crippen LogP contribution in [0.1, 0.15) is 35.4 Å². The summed E-state index contributed by atoms with van der Waals surface area (Å²) >= 11 is 0. The van der Waals surface area contributed by atoms with Gasteiger partial charge in [-0.05, 0) is 48.1 Å². The van der Waals surface area contributed by atoms with Crippen molar-refractivity contribution in [1.29, 1.82) is 0 Å². The molecule has 0 fully saturated rings. The second-order valence-electron chi connectivity index (χ2n) is 7.46. The third-order valence-corrected chi connectivity index (χ3v) is 6.51. The molecule has 1 unspecified atom stereocenters. The number of rotatable bonds is 9. The van der Waals surface area contributed by atoms with Crippen molar-refractivity contribution in [2.75, 3.05) is 0 Å². The van der Waals surface area contributed by atoms with Crippen molar-refractivity contribution in [3.63, 3.8) is 0 Å². The zero-order chi connectivity index (χ0) is 22.3. The van der Waals surface area contributed by atoms with E-state index in [1.54, 1.807) is 30.3 Å². The molecule has 0 spiro atoms. The van der Waals surface area contributed by atoms with E-state index in [0.717, 1.165) is 16.7 Å². The Bertz CT molecular complexity index is 1100. The Hall–Kier alpha value is -2.09. The Balaban J connectivity index is 0.00000363. The Labute approximate surface area is 211 Å². The largest absolute Gasteiger partial charge is 1.00 e. The van der Waals surface area contributed by atoms with E-state index < -0.39 is 15.4 Å². The number of hydrogen-bond acceptors (Lipinski definition) is 4. The van der Waals surface area contributed by atoms with Crippen molar-refractivity contribution in [3.8, 4) is 11.5 Å². The minimum atomic E-state index is -4.22. The molecule has 0 bridgehead atoms. The molecule has 3 aromatic carbocycles. The quantitative estimate of drug-likeness (QED) is 0.286. The van der Waals surface area contributed by atoms with Gasteiger partial charge in [-0.2, -0.15) is 8.42 Å². The molecule has 0 saturated carbocycles. The number of aromatic hydroxyl groups is 1. The summed E-state index contributed by atoms with van der Waals surface area (Å²) in [5.41, 5.74) is 2.84. The van der Waals surface area contributed by atoms with E-state index in [4.69, 9.17) is 0 Å². The SMILES string of the molecule is O=S(=O)(O)[C@H](C/C=C/C(c1ccccc1)c1ccc(O)cc1)CCc1ccc([O-])cc1.[Na+]. The van der Waals surface area contributed by atoms with Crippen molar-refractivity contribution in [2.45, 2.75) is 30.4 Å². The second kappa shape index (κ2) is 12.2. The fourth-order valence-electron chi connectivity index (χ4n) is 3.50. The number of benzene rings is 3. The molecular formula is C25H25NaO5S. The molecule has 0 heterocycles. The Morgan fingerprint density at radius 3 is 2.06 bits per heavy atom. The standard InChI is InChI=1S/C25H26O5S.Na/c26-22-14-9-19(10-15-22)11-18-24(31(28,29)30)7-4-8-25(20-5-2-1-3-6-20)21-12-16-23(27)17-13-21;/h1-6,8-10,12-17,24-27H,7,11,18H2,(H,28,29,30);/q;+1/p-1/b8-4+;/t24-,25?;/m1./s1. The molecule has 0 amide bonds. The molecule has 0 aromatic heterocycles. The fourth-order valence-corrected chi connectivity index (χ4v) is 4.27. The number of hydrogen-bond donors (Lipinski definition) is 2. The molecular weight excluding hydrogens is 435 g/mol. The van der Waals surface area contributed by atoms with Crippen LogP contribution in [0.4, 0.5) is 0 Å². The van der Waals surface area contributed by atoms with Gasteiger partial charge in [0.15, 0.2) is 0 Å². The van der Waals surface area contributed by atoms with Gasteiger partial charge >= 0.3 is 29.6 Å². The number of aryl methyl sites for hydroxylation is 1. The maximum atomic E-state index is 11.9. The van der Waals surface area contributed by atoms with Crippen molar-refractivity contribution in [3.05, 3.63) is 108 Å². The average molecular weight is 461 g/mol. The molecule has 0 aliphatic heterocycles. The molecule has 162 valence electrons. The van der Waals surface area contributed by atoms with Gasteiger partial charge in [-0.15, -0.1) is 5.75 Å². The molecule has 2 N–H and O–H groups in total. The number of phenolic OH excluding ortho intramolecular Hbond substituents is 1. The van der Waals surface area contributed by atoms with E-state index >= 15 is 0 Å². The van der Waals surface area contributed by atoms with Crippen molar-refractivity contribution >= 4 is 10.1 Å². The Morgan fingerprint density at radius 1 is 0.875 bits per heavy atom. The molecule has 0 radical (unpaired) electrons. The van der Waals surface area contributed by atoms with Crippen LogP contribution in [0, 0.1) is 0 Å². The van der Waals surface area contributed by atoms with Gasteiger partial charge in [-0.1, -0.05) is 78.9 Å². The molecule has 2 atom stereocenters. The molecule has 32 heavy (non-hydrogen) atoms. The van der Waals surface area contributed by atoms with Crippen molar-refractivity contribution in [1.82, 2.24) is 0 Å². The topological polar surface area (TPSA) is 97.7 Å². The van der Waals surface area contributed by atoms with Crippen LogP contribution in [0.25, 0.3) is 0 Å². The molecule has 7 heteroatoms. The maximum Gasteiger partial charge on any atom is 1.00 e. The third kappa shape index (κ3) is 7.80. The molecule has 3 aromatic rings. The summed E-state index contributed by atoms with van der Waals surface area (Å²) in [5.74, 6) is -0.0383. The number of phenols is 1. The van der Waals surface area contributed by atoms with Crippen LogP contribution in [-0.2, 0) is 16.5 Å². The van der Waals surface area contributed by atoms with E-state index in [9.17, 15) is 23.2 Å². The summed E-state index contributed by atoms with van der Waals surface area (Å²) in [6.07, 6.45) is 4.56. The normalized spacial score (nSPS) is 13.4. The first-order chi connectivity index (χ1) is 14.8. The van der Waals surface area contributed by atoms with Crippen LogP contribution in [0.15, 0.2) is 91.0 Å². The monoisotopic (exact) mass is 460 g/mol. The van der Waals surface area contributed by atoms with Crippen LogP contribution in [0.3, 0.4) is 0 Å². The van der Waals surface area contributed by atoms with E-state index in [1.165, 1.54) is 12.1 Å². The van der Waals surface area contributed by atoms with Gasteiger partial charge in [-0.3, -0.25) is 4.55 Å². The van der Waals surface area contributed by atoms with Crippen LogP contribution in [-0.4, -0.2) is 23.3 Å². The summed E-state index contributed by atoms with van der Waals surface area (Å²) in [4.78, 5) is 0. The zero-order valence-corrected chi connectivity index (χ0v) is 20.8. The van der Waals surface area contributed by atoms with E-state index in [-0.39, 0.29) is 59.8 Å². The van der Waals surface area contributed by atoms with Gasteiger partial charge < -0.3 is 10.2 Å². The van der Waals surface area contributed by atoms with Gasteiger partial charge in [0.05, 0.1) is 5.25 Å². The maximum absolute atomic E-state index is 11.9. The summed E-state index contributed by atoms with van der Waals surface area (Å²) in [6, 6.07) is 22.9. The first kappa shape index (κ1) is 26.2. The van der Waals surface area contributed by atoms with Crippen LogP contribution in [0.5, 0.6) is 11.5 Å². The summed E-state index contributed by atoms with van der Waals surface area (Å²) in [6.45, 7) is 0. The van der Waals surface area contributed by atoms with Gasteiger partial charge in [0, 0.05) is 5.92 Å². The Morgan fingerprint density at radius 2 is 1.47 bits per heavy atom. The minimum Gasteiger partial charge on any atom is -0.872 e. The molecule has 0 saturated heterocycles. The number of allylic oxidation sites excluding steroid dienone is 2. The molecule has 3 rings (SSSR count). The van der Waals surface area contributed by atoms with Gasteiger partial charge in [0.2, 0.25) is 0 Å². The first-order valence-electron chi connectivity index (χ1n) is 10.1. The summed E-state index contributed by atoms with van der Waals surface area (Å²) in [5, 5.41) is 19.9. The first-order valence-corrected chi connectivity index (χ1v) is 11.6. The summed E-state index contributed by atoms with van der Waals surface area (Å²) in [7, 11) is -4.22. The molecule has 5 nitrogen and oxygen atoms in total. The molecule has 0 aliphatic carbocycles. The summed E-state index contributed by atoms with van der Waals surface area (Å²) < 4.78 is 33.5. The van der Waals surface area contributed by atoms with E-state index in [2.05, 4.69) is 0 Å². The second-order valence-corrected chi connectivity index (χ2v) is 9.16. The Kier molecular flexibility index (Phi) is 10.0. The van der Waals surface area contributed by atoms with Crippen LogP contribution in [0.2, 0.25) is 0 Å². The van der Waals surface area contributed by atoms with Gasteiger partial charge in [0.25, 0.3) is 10.1 Å². The van der Waals surface area contributed by atoms with Crippen molar-refractivity contribution < 1.29 is 52.7 Å². The molecule has 0 aliphatic rings. The minimum absolute atomic E-state index is 0. The van der Waals surface area contributed by atoms with Gasteiger partial charge in [0.1, 0.15) is 5.75 Å². The predicted octanol–water partition coefficient (Wildman–Crippen LogP) is 1.44. The predicted molar refractivity (Wildman–Crippen MR) is 120 cm³/mol. The van der Waals surface area contributed by atoms with Crippen LogP contribution < -0.4 is 34.7 Å². The average Bonchev–Trinajstić information content (AvgIpc) is 2.75.